The molecule has 2 atom stereocenters. The van der Waals surface area contributed by atoms with Crippen LogP contribution in [0.15, 0.2) is 24.3 Å². The van der Waals surface area contributed by atoms with E-state index in [1.165, 1.54) is 32.1 Å². The van der Waals surface area contributed by atoms with Gasteiger partial charge in [-0.15, -0.1) is 0 Å². The lowest BCUT2D eigenvalue weighted by Gasteiger charge is -2.30. The number of aromatic carboxylic acids is 1. The third-order valence-electron chi connectivity index (χ3n) is 5.93. The Morgan fingerprint density at radius 2 is 1.88 bits per heavy atom. The lowest BCUT2D eigenvalue weighted by Crippen LogP contribution is -2.42. The van der Waals surface area contributed by atoms with Gasteiger partial charge in [0.05, 0.1) is 6.04 Å². The fraction of sp³-hybridized carbons (Fsp3) is 0.500. The summed E-state index contributed by atoms with van der Waals surface area (Å²) in [7, 11) is 0. The van der Waals surface area contributed by atoms with Gasteiger partial charge in [0, 0.05) is 16.6 Å². The van der Waals surface area contributed by atoms with Gasteiger partial charge in [-0.3, -0.25) is 4.79 Å². The Labute approximate surface area is 152 Å². The van der Waals surface area contributed by atoms with E-state index in [0.717, 1.165) is 23.9 Å². The standard InChI is InChI=1S/C20H25N3O3/c24-19(18-15(8-9-21-18)12-4-2-1-3-5-12)22-14-6-7-16-13(10-14)11-17(23-16)20(25)26/h6-7,10-12,15,18,21,23H,1-5,8-9H2,(H,22,24)(H,25,26)/t15?,18-/m0/s1. The first-order valence-electron chi connectivity index (χ1n) is 9.52. The minimum absolute atomic E-state index is 0.0198. The van der Waals surface area contributed by atoms with Crippen LogP contribution >= 0.6 is 0 Å². The lowest BCUT2D eigenvalue weighted by molar-refractivity contribution is -0.119. The molecule has 1 aliphatic heterocycles. The van der Waals surface area contributed by atoms with Crippen LogP contribution in [0.25, 0.3) is 10.9 Å². The SMILES string of the molecule is O=C(O)c1cc2cc(NC(=O)[C@H]3NCCC3C3CCCCC3)ccc2[nH]1. The number of carbonyl (C=O) groups is 2. The summed E-state index contributed by atoms with van der Waals surface area (Å²) in [6, 6.07) is 6.90. The van der Waals surface area contributed by atoms with Gasteiger partial charge in [-0.1, -0.05) is 32.1 Å². The Balaban J connectivity index is 1.48. The maximum Gasteiger partial charge on any atom is 0.352 e. The number of rotatable bonds is 4. The molecule has 2 heterocycles. The van der Waals surface area contributed by atoms with Gasteiger partial charge in [0.1, 0.15) is 5.69 Å². The molecule has 1 aliphatic carbocycles. The van der Waals surface area contributed by atoms with E-state index in [1.54, 1.807) is 12.1 Å². The molecule has 2 aliphatic rings. The first-order chi connectivity index (χ1) is 12.6. The number of H-pyrrole nitrogens is 1. The average molecular weight is 355 g/mol. The zero-order chi connectivity index (χ0) is 18.1. The molecule has 2 fully saturated rings. The number of carbonyl (C=O) groups excluding carboxylic acids is 1. The Morgan fingerprint density at radius 3 is 2.65 bits per heavy atom. The Kier molecular flexibility index (Phi) is 4.68. The summed E-state index contributed by atoms with van der Waals surface area (Å²) in [5.41, 5.74) is 1.60. The molecule has 1 aromatic heterocycles. The Hall–Kier alpha value is -2.34. The predicted octanol–water partition coefficient (Wildman–Crippen LogP) is 3.36. The summed E-state index contributed by atoms with van der Waals surface area (Å²) in [5.74, 6) is 0.105. The molecule has 0 bridgehead atoms. The number of hydrogen-bond donors (Lipinski definition) is 4. The number of fused-ring (bicyclic) bond motifs is 1. The van der Waals surface area contributed by atoms with E-state index in [4.69, 9.17) is 5.11 Å². The zero-order valence-electron chi connectivity index (χ0n) is 14.8. The van der Waals surface area contributed by atoms with Crippen molar-refractivity contribution in [1.82, 2.24) is 10.3 Å². The van der Waals surface area contributed by atoms with E-state index in [-0.39, 0.29) is 17.6 Å². The van der Waals surface area contributed by atoms with Crippen molar-refractivity contribution in [2.75, 3.05) is 11.9 Å². The summed E-state index contributed by atoms with van der Waals surface area (Å²) in [6.45, 7) is 0.901. The number of carboxylic acid groups (broad SMARTS) is 1. The summed E-state index contributed by atoms with van der Waals surface area (Å²) < 4.78 is 0. The molecule has 2 aromatic rings. The summed E-state index contributed by atoms with van der Waals surface area (Å²) >= 11 is 0. The van der Waals surface area contributed by atoms with Crippen LogP contribution in [0, 0.1) is 11.8 Å². The zero-order valence-corrected chi connectivity index (χ0v) is 14.8. The molecule has 1 aromatic carbocycles. The first-order valence-corrected chi connectivity index (χ1v) is 9.52. The molecule has 26 heavy (non-hydrogen) atoms. The largest absolute Gasteiger partial charge is 0.477 e. The summed E-state index contributed by atoms with van der Waals surface area (Å²) in [6.07, 6.45) is 7.44. The van der Waals surface area contributed by atoms with Crippen LogP contribution in [0.2, 0.25) is 0 Å². The quantitative estimate of drug-likeness (QED) is 0.676. The van der Waals surface area contributed by atoms with E-state index in [1.807, 2.05) is 12.1 Å². The molecular formula is C20H25N3O3. The van der Waals surface area contributed by atoms with E-state index in [9.17, 15) is 9.59 Å². The number of aromatic amines is 1. The highest BCUT2D eigenvalue weighted by molar-refractivity contribution is 5.99. The molecular weight excluding hydrogens is 330 g/mol. The fourth-order valence-electron chi connectivity index (χ4n) is 4.63. The van der Waals surface area contributed by atoms with Gasteiger partial charge >= 0.3 is 5.97 Å². The lowest BCUT2D eigenvalue weighted by atomic mass is 9.76. The normalized spacial score (nSPS) is 24.0. The van der Waals surface area contributed by atoms with Crippen LogP contribution < -0.4 is 10.6 Å². The van der Waals surface area contributed by atoms with Crippen molar-refractivity contribution in [2.24, 2.45) is 11.8 Å². The van der Waals surface area contributed by atoms with Gasteiger partial charge in [-0.2, -0.15) is 0 Å². The van der Waals surface area contributed by atoms with Gasteiger partial charge in [0.15, 0.2) is 0 Å². The highest BCUT2D eigenvalue weighted by Gasteiger charge is 2.38. The maximum absolute atomic E-state index is 12.8. The van der Waals surface area contributed by atoms with Crippen LogP contribution in [0.5, 0.6) is 0 Å². The molecule has 6 heteroatoms. The van der Waals surface area contributed by atoms with Crippen LogP contribution in [0.1, 0.15) is 49.0 Å². The van der Waals surface area contributed by atoms with E-state index in [2.05, 4.69) is 15.6 Å². The maximum atomic E-state index is 12.8. The Morgan fingerprint density at radius 1 is 1.08 bits per heavy atom. The third kappa shape index (κ3) is 3.33. The smallest absolute Gasteiger partial charge is 0.352 e. The molecule has 4 rings (SSSR count). The number of amides is 1. The van der Waals surface area contributed by atoms with Crippen molar-refractivity contribution < 1.29 is 14.7 Å². The van der Waals surface area contributed by atoms with Gasteiger partial charge in [0.2, 0.25) is 5.91 Å². The van der Waals surface area contributed by atoms with Crippen molar-refractivity contribution >= 4 is 28.5 Å². The number of aromatic nitrogens is 1. The topological polar surface area (TPSA) is 94.2 Å². The number of hydrogen-bond acceptors (Lipinski definition) is 3. The second-order valence-electron chi connectivity index (χ2n) is 7.56. The second kappa shape index (κ2) is 7.11. The van der Waals surface area contributed by atoms with Crippen molar-refractivity contribution in [3.63, 3.8) is 0 Å². The van der Waals surface area contributed by atoms with Gasteiger partial charge < -0.3 is 20.7 Å². The highest BCUT2D eigenvalue weighted by Crippen LogP contribution is 2.36. The molecule has 1 saturated carbocycles. The minimum Gasteiger partial charge on any atom is -0.477 e. The molecule has 0 radical (unpaired) electrons. The molecule has 6 nitrogen and oxygen atoms in total. The molecule has 1 amide bonds. The van der Waals surface area contributed by atoms with E-state index >= 15 is 0 Å². The average Bonchev–Trinajstić information content (AvgIpc) is 3.29. The molecule has 1 unspecified atom stereocenters. The number of anilines is 1. The summed E-state index contributed by atoms with van der Waals surface area (Å²) in [5, 5.41) is 16.3. The Bertz CT molecular complexity index is 823. The van der Waals surface area contributed by atoms with Gasteiger partial charge in [-0.25, -0.2) is 4.79 Å². The van der Waals surface area contributed by atoms with Crippen molar-refractivity contribution in [3.05, 3.63) is 30.0 Å². The van der Waals surface area contributed by atoms with Crippen LogP contribution in [-0.2, 0) is 4.79 Å². The summed E-state index contributed by atoms with van der Waals surface area (Å²) in [4.78, 5) is 26.8. The molecule has 0 spiro atoms. The molecule has 138 valence electrons. The predicted molar refractivity (Wildman–Crippen MR) is 100 cm³/mol. The minimum atomic E-state index is -0.989. The monoisotopic (exact) mass is 355 g/mol. The van der Waals surface area contributed by atoms with E-state index in [0.29, 0.717) is 17.5 Å². The third-order valence-corrected chi connectivity index (χ3v) is 5.93. The van der Waals surface area contributed by atoms with Crippen LogP contribution in [-0.4, -0.2) is 34.6 Å². The van der Waals surface area contributed by atoms with E-state index < -0.39 is 5.97 Å². The van der Waals surface area contributed by atoms with Gasteiger partial charge in [0.25, 0.3) is 0 Å². The van der Waals surface area contributed by atoms with Crippen LogP contribution in [0.4, 0.5) is 5.69 Å². The number of carboxylic acids is 1. The highest BCUT2D eigenvalue weighted by atomic mass is 16.4. The number of benzene rings is 1. The first kappa shape index (κ1) is 17.1. The molecule has 4 N–H and O–H groups in total. The van der Waals surface area contributed by atoms with Crippen molar-refractivity contribution in [2.45, 2.75) is 44.6 Å². The van der Waals surface area contributed by atoms with Crippen LogP contribution in [0.3, 0.4) is 0 Å². The number of nitrogens with one attached hydrogen (secondary N) is 3. The van der Waals surface area contributed by atoms with Crippen molar-refractivity contribution in [3.8, 4) is 0 Å². The second-order valence-corrected chi connectivity index (χ2v) is 7.56. The van der Waals surface area contributed by atoms with Gasteiger partial charge in [-0.05, 0) is 49.1 Å². The fourth-order valence-corrected chi connectivity index (χ4v) is 4.63. The van der Waals surface area contributed by atoms with Crippen molar-refractivity contribution in [1.29, 1.82) is 0 Å². The molecule has 1 saturated heterocycles.